The first kappa shape index (κ1) is 51.3. The molecule has 6 bridgehead atoms. The fraction of sp³-hybridized carbons (Fsp3) is 0.545. The van der Waals surface area contributed by atoms with E-state index in [2.05, 4.69) is 84.3 Å². The predicted octanol–water partition coefficient (Wildman–Crippen LogP) is 6.98. The zero-order valence-electron chi connectivity index (χ0n) is 42.6. The van der Waals surface area contributed by atoms with Crippen LogP contribution in [0.5, 0.6) is 0 Å². The van der Waals surface area contributed by atoms with Crippen LogP contribution in [0.2, 0.25) is 0 Å². The first-order chi connectivity index (χ1) is 32.8. The number of hydrazine groups is 1. The van der Waals surface area contributed by atoms with Gasteiger partial charge in [0.1, 0.15) is 12.1 Å². The normalized spacial score (nSPS) is 20.9. The van der Waals surface area contributed by atoms with Crippen molar-refractivity contribution < 1.29 is 33.4 Å². The minimum Gasteiger partial charge on any atom is -0.464 e. The number of pyridine rings is 1. The van der Waals surface area contributed by atoms with E-state index in [1.807, 2.05) is 71.8 Å². The van der Waals surface area contributed by atoms with Crippen LogP contribution in [-0.2, 0) is 52.8 Å². The first-order valence-electron chi connectivity index (χ1n) is 24.7. The van der Waals surface area contributed by atoms with Gasteiger partial charge in [0.15, 0.2) is 0 Å². The molecule has 69 heavy (non-hydrogen) atoms. The Kier molecular flexibility index (Phi) is 16.0. The molecule has 2 aromatic carbocycles. The molecule has 2 N–H and O–H groups in total. The third kappa shape index (κ3) is 11.7. The maximum absolute atomic E-state index is 14.7. The molecule has 5 heterocycles. The number of amides is 3. The molecule has 14 nitrogen and oxygen atoms in total. The van der Waals surface area contributed by atoms with Crippen LogP contribution < -0.4 is 10.7 Å². The molecular weight excluding hydrogens is 871 g/mol. The van der Waals surface area contributed by atoms with Crippen LogP contribution in [0.3, 0.4) is 0 Å². The predicted molar refractivity (Wildman–Crippen MR) is 268 cm³/mol. The fourth-order valence-corrected chi connectivity index (χ4v) is 9.52. The van der Waals surface area contributed by atoms with Gasteiger partial charge in [0, 0.05) is 67.8 Å². The van der Waals surface area contributed by atoms with Crippen LogP contribution >= 0.6 is 0 Å². The number of methoxy groups -OCH3 is 1. The summed E-state index contributed by atoms with van der Waals surface area (Å²) in [7, 11) is 5.55. The Hall–Kier alpha value is -5.59. The van der Waals surface area contributed by atoms with E-state index in [0.717, 1.165) is 50.1 Å². The highest BCUT2D eigenvalue weighted by Gasteiger charge is 2.37. The van der Waals surface area contributed by atoms with Gasteiger partial charge in [-0.2, -0.15) is 0 Å². The van der Waals surface area contributed by atoms with Crippen molar-refractivity contribution >= 4 is 34.6 Å². The van der Waals surface area contributed by atoms with E-state index < -0.39 is 34.9 Å². The monoisotopic (exact) mass is 944 g/mol. The average molecular weight is 944 g/mol. The molecule has 3 aliphatic heterocycles. The minimum atomic E-state index is -0.961. The highest BCUT2D eigenvalue weighted by molar-refractivity contribution is 5.96. The number of nitrogens with zero attached hydrogens (tertiary/aromatic N) is 5. The number of aryl methyl sites for hydroxylation is 1. The van der Waals surface area contributed by atoms with Crippen molar-refractivity contribution in [2.75, 3.05) is 54.1 Å². The molecule has 0 saturated carbocycles. The first-order valence-corrected chi connectivity index (χ1v) is 24.7. The Morgan fingerprint density at radius 3 is 2.54 bits per heavy atom. The summed E-state index contributed by atoms with van der Waals surface area (Å²) in [5.74, 6) is 3.89. The summed E-state index contributed by atoms with van der Waals surface area (Å²) in [6, 6.07) is 17.1. The lowest BCUT2D eigenvalue weighted by molar-refractivity contribution is -0.155. The number of nitrogens with one attached hydrogen (secondary N) is 2. The standard InChI is InChI=1S/C55H73N7O7/c1-12-61-47-21-20-39-30-42(47)43(50(61)41-18-14-25-56-49(41)36(4)67-11)31-54(5,6)34-69-53(66)45-19-15-26-62(58-45)52(65)46(29-37-16-13-17-38(39)28-37)57-51(64)44(35(2)3)33-68-40-23-27-60(32-40)48(63)22-24-55(7,8)59(9)10/h13-14,16-18,20-21,25,28,30,35-36,40,44-46,58H,12,15,19,23,26-27,29,31-34H2,1-11H3,(H,57,64)/t36-,40-,44-,45-,46-/m0/s1. The quantitative estimate of drug-likeness (QED) is 0.119. The van der Waals surface area contributed by atoms with Gasteiger partial charge < -0.3 is 29.0 Å². The van der Waals surface area contributed by atoms with Gasteiger partial charge in [0.25, 0.3) is 11.8 Å². The molecule has 0 unspecified atom stereocenters. The minimum absolute atomic E-state index is 0.117. The Morgan fingerprint density at radius 1 is 1.04 bits per heavy atom. The molecule has 0 aliphatic carbocycles. The lowest BCUT2D eigenvalue weighted by Crippen LogP contribution is -2.61. The van der Waals surface area contributed by atoms with Crippen molar-refractivity contribution in [3.63, 3.8) is 0 Å². The number of fused-ring (bicyclic) bond motifs is 6. The van der Waals surface area contributed by atoms with Gasteiger partial charge in [-0.25, -0.2) is 5.43 Å². The Bertz CT molecular complexity index is 2590. The summed E-state index contributed by atoms with van der Waals surface area (Å²) in [4.78, 5) is 64.6. The van der Waals surface area contributed by atoms with E-state index in [1.54, 1.807) is 18.2 Å². The number of hydrogen-bond acceptors (Lipinski definition) is 10. The van der Waals surface area contributed by atoms with E-state index in [1.165, 1.54) is 5.01 Å². The summed E-state index contributed by atoms with van der Waals surface area (Å²) in [6.45, 7) is 18.5. The van der Waals surface area contributed by atoms with Crippen LogP contribution in [0.25, 0.3) is 33.3 Å². The number of aromatic nitrogens is 2. The van der Waals surface area contributed by atoms with Crippen molar-refractivity contribution in [3.8, 4) is 34.2 Å². The Labute approximate surface area is 408 Å². The molecule has 7 rings (SSSR count). The lowest BCUT2D eigenvalue weighted by atomic mass is 9.84. The number of carbonyl (C=O) groups excluding carboxylic acids is 4. The second-order valence-electron chi connectivity index (χ2n) is 20.9. The summed E-state index contributed by atoms with van der Waals surface area (Å²) < 4.78 is 20.7. The maximum Gasteiger partial charge on any atom is 0.324 e. The van der Waals surface area contributed by atoms with Gasteiger partial charge in [-0.3, -0.25) is 34.1 Å². The van der Waals surface area contributed by atoms with Crippen LogP contribution in [0.1, 0.15) is 97.6 Å². The zero-order valence-corrected chi connectivity index (χ0v) is 42.6. The summed E-state index contributed by atoms with van der Waals surface area (Å²) >= 11 is 0. The van der Waals surface area contributed by atoms with Gasteiger partial charge in [-0.05, 0) is 126 Å². The van der Waals surface area contributed by atoms with Crippen LogP contribution in [0.15, 0.2) is 60.8 Å². The number of ether oxygens (including phenoxy) is 3. The molecule has 2 fully saturated rings. The zero-order chi connectivity index (χ0) is 49.8. The van der Waals surface area contributed by atoms with Gasteiger partial charge in [0.05, 0.1) is 48.3 Å². The van der Waals surface area contributed by atoms with Crippen molar-refractivity contribution in [1.29, 1.82) is 0 Å². The fourth-order valence-electron chi connectivity index (χ4n) is 9.52. The van der Waals surface area contributed by atoms with E-state index in [0.29, 0.717) is 51.9 Å². The molecule has 2 aromatic heterocycles. The molecule has 370 valence electrons. The van der Waals surface area contributed by atoms with E-state index in [4.69, 9.17) is 19.2 Å². The maximum atomic E-state index is 14.7. The molecule has 4 aromatic rings. The molecule has 0 radical (unpaired) electrons. The number of hydrogen-bond donors (Lipinski definition) is 2. The van der Waals surface area contributed by atoms with Crippen LogP contribution in [-0.4, -0.2) is 126 Å². The molecule has 3 amide bonds. The number of likely N-dealkylation sites (tertiary alicyclic amines) is 1. The Balaban J connectivity index is 1.21. The number of cyclic esters (lactones) is 1. The Morgan fingerprint density at radius 2 is 1.81 bits per heavy atom. The van der Waals surface area contributed by atoms with Gasteiger partial charge in [0.2, 0.25) is 5.91 Å². The lowest BCUT2D eigenvalue weighted by Gasteiger charge is -2.36. The summed E-state index contributed by atoms with van der Waals surface area (Å²) in [5.41, 5.74) is 10.2. The summed E-state index contributed by atoms with van der Waals surface area (Å²) in [5, 5.41) is 5.72. The largest absolute Gasteiger partial charge is 0.464 e. The van der Waals surface area contributed by atoms with Gasteiger partial charge in [-0.15, -0.1) is 0 Å². The second-order valence-corrected chi connectivity index (χ2v) is 20.9. The topological polar surface area (TPSA) is 148 Å². The van der Waals surface area contributed by atoms with Crippen molar-refractivity contribution in [1.82, 2.24) is 35.1 Å². The summed E-state index contributed by atoms with van der Waals surface area (Å²) in [6.07, 6.45) is 3.84. The number of carbonyl (C=O) groups is 4. The second kappa shape index (κ2) is 21.6. The van der Waals surface area contributed by atoms with Gasteiger partial charge >= 0.3 is 5.97 Å². The molecule has 14 heteroatoms. The van der Waals surface area contributed by atoms with Crippen LogP contribution in [0.4, 0.5) is 0 Å². The SMILES string of the molecule is CCn1c(-c2cccnc2[C@H](C)OC)c2c3cc(ccc31)-c1cccc(c1)C[C@H](NC(=O)[C@@H](CO[C@H]1CCN(C(=O)C#CC(C)(C)N(C)C)C1)C(C)C)C(=O)N1CCC[C@H](N1)C(=O)OCC(C)(C)C2. The molecule has 5 atom stereocenters. The van der Waals surface area contributed by atoms with Crippen LogP contribution in [0, 0.1) is 29.1 Å². The number of esters is 1. The highest BCUT2D eigenvalue weighted by Crippen LogP contribution is 2.42. The average Bonchev–Trinajstić information content (AvgIpc) is 3.93. The number of benzene rings is 2. The third-order valence-corrected chi connectivity index (χ3v) is 14.3. The molecule has 2 saturated heterocycles. The molecular formula is C55H73N7O7. The molecule has 0 spiro atoms. The van der Waals surface area contributed by atoms with Crippen molar-refractivity contribution in [2.45, 2.75) is 124 Å². The van der Waals surface area contributed by atoms with Gasteiger partial charge in [-0.1, -0.05) is 63.9 Å². The third-order valence-electron chi connectivity index (χ3n) is 14.3. The molecule has 3 aliphatic rings. The highest BCUT2D eigenvalue weighted by atomic mass is 16.5. The smallest absolute Gasteiger partial charge is 0.324 e. The number of rotatable bonds is 11. The van der Waals surface area contributed by atoms with E-state index in [-0.39, 0.29) is 55.5 Å². The van der Waals surface area contributed by atoms with Crippen molar-refractivity contribution in [2.24, 2.45) is 17.3 Å². The van der Waals surface area contributed by atoms with E-state index >= 15 is 0 Å². The van der Waals surface area contributed by atoms with E-state index in [9.17, 15) is 19.2 Å². The van der Waals surface area contributed by atoms with Crippen molar-refractivity contribution in [3.05, 3.63) is 77.6 Å².